The summed E-state index contributed by atoms with van der Waals surface area (Å²) in [6.45, 7) is 3.94. The number of carbonyl (C=O) groups is 1. The van der Waals surface area contributed by atoms with E-state index in [4.69, 9.17) is 15.6 Å². The first-order valence-electron chi connectivity index (χ1n) is 9.36. The molecule has 168 valence electrons. The monoisotopic (exact) mass is 582 g/mol. The first kappa shape index (κ1) is 24.2. The van der Waals surface area contributed by atoms with Crippen LogP contribution in [-0.2, 0) is 10.0 Å². The number of hydrogen-bond acceptors (Lipinski definition) is 6. The smallest absolute Gasteiger partial charge is 0.240 e. The summed E-state index contributed by atoms with van der Waals surface area (Å²) in [6.07, 6.45) is 0. The molecule has 0 aliphatic rings. The number of phenolic OH excluding ortho intramolecular Hbond substituents is 1. The predicted molar refractivity (Wildman–Crippen MR) is 130 cm³/mol. The Labute approximate surface area is 202 Å². The maximum atomic E-state index is 13.1. The molecular formula is C22H20Br2N2O5S. The molecule has 3 aromatic carbocycles. The molecule has 7 nitrogen and oxygen atoms in total. The van der Waals surface area contributed by atoms with Crippen molar-refractivity contribution in [2.75, 3.05) is 5.73 Å². The molecule has 0 saturated heterocycles. The van der Waals surface area contributed by atoms with Crippen LogP contribution in [0, 0.1) is 0 Å². The number of nitrogen functional groups attached to an aromatic ring is 1. The van der Waals surface area contributed by atoms with Crippen LogP contribution < -0.4 is 15.6 Å². The lowest BCUT2D eigenvalue weighted by Gasteiger charge is -2.13. The first-order valence-corrected chi connectivity index (χ1v) is 12.5. The molecule has 0 fully saturated rings. The molecule has 0 unspecified atom stereocenters. The van der Waals surface area contributed by atoms with Gasteiger partial charge in [-0.1, -0.05) is 13.8 Å². The lowest BCUT2D eigenvalue weighted by Crippen LogP contribution is -2.16. The minimum atomic E-state index is -4.06. The van der Waals surface area contributed by atoms with Gasteiger partial charge in [0.05, 0.1) is 15.7 Å². The first-order chi connectivity index (χ1) is 14.9. The largest absolute Gasteiger partial charge is 0.508 e. The molecule has 3 rings (SSSR count). The number of primary sulfonamides is 1. The minimum absolute atomic E-state index is 0.128. The van der Waals surface area contributed by atoms with Gasteiger partial charge in [-0.05, 0) is 86.3 Å². The molecule has 32 heavy (non-hydrogen) atoms. The van der Waals surface area contributed by atoms with Crippen molar-refractivity contribution in [2.45, 2.75) is 24.7 Å². The molecule has 0 saturated carbocycles. The highest BCUT2D eigenvalue weighted by Gasteiger charge is 2.24. The van der Waals surface area contributed by atoms with Crippen LogP contribution in [0.25, 0.3) is 0 Å². The normalized spacial score (nSPS) is 11.6. The Morgan fingerprint density at radius 1 is 1.03 bits per heavy atom. The summed E-state index contributed by atoms with van der Waals surface area (Å²) in [5.41, 5.74) is 7.03. The Hall–Kier alpha value is -2.40. The van der Waals surface area contributed by atoms with Gasteiger partial charge in [0.1, 0.15) is 22.1 Å². The van der Waals surface area contributed by atoms with E-state index in [-0.39, 0.29) is 42.5 Å². The van der Waals surface area contributed by atoms with Crippen molar-refractivity contribution >= 4 is 53.4 Å². The summed E-state index contributed by atoms with van der Waals surface area (Å²) in [7, 11) is -4.06. The van der Waals surface area contributed by atoms with Crippen LogP contribution in [0.2, 0.25) is 0 Å². The number of ketones is 1. The number of nitrogens with two attached hydrogens (primary N) is 2. The van der Waals surface area contributed by atoms with Crippen molar-refractivity contribution in [1.29, 1.82) is 0 Å². The molecule has 0 bridgehead atoms. The van der Waals surface area contributed by atoms with E-state index in [0.29, 0.717) is 17.1 Å². The highest BCUT2D eigenvalue weighted by atomic mass is 79.9. The summed E-state index contributed by atoms with van der Waals surface area (Å²) in [4.78, 5) is 12.8. The van der Waals surface area contributed by atoms with Gasteiger partial charge in [-0.25, -0.2) is 13.6 Å². The Kier molecular flexibility index (Phi) is 6.99. The summed E-state index contributed by atoms with van der Waals surface area (Å²) >= 11 is 6.45. The van der Waals surface area contributed by atoms with E-state index in [9.17, 15) is 18.3 Å². The number of ether oxygens (including phenoxy) is 1. The topological polar surface area (TPSA) is 133 Å². The van der Waals surface area contributed by atoms with Crippen molar-refractivity contribution in [3.8, 4) is 17.2 Å². The molecule has 10 heteroatoms. The maximum absolute atomic E-state index is 13.1. The average Bonchev–Trinajstić information content (AvgIpc) is 2.71. The van der Waals surface area contributed by atoms with E-state index in [1.807, 2.05) is 13.8 Å². The number of anilines is 1. The molecule has 0 atom stereocenters. The average molecular weight is 584 g/mol. The van der Waals surface area contributed by atoms with Gasteiger partial charge in [-0.3, -0.25) is 4.79 Å². The van der Waals surface area contributed by atoms with E-state index in [1.54, 1.807) is 42.5 Å². The Bertz CT molecular complexity index is 1310. The molecule has 0 amide bonds. The van der Waals surface area contributed by atoms with E-state index < -0.39 is 10.0 Å². The quantitative estimate of drug-likeness (QED) is 0.266. The van der Waals surface area contributed by atoms with Gasteiger partial charge in [-0.15, -0.1) is 0 Å². The van der Waals surface area contributed by atoms with Crippen molar-refractivity contribution < 1.29 is 23.1 Å². The number of carbonyl (C=O) groups excluding carboxylic acids is 1. The summed E-state index contributed by atoms with van der Waals surface area (Å²) in [5, 5.41) is 15.1. The number of aromatic hydroxyl groups is 1. The number of halogens is 2. The summed E-state index contributed by atoms with van der Waals surface area (Å²) in [6, 6.07) is 12.7. The van der Waals surface area contributed by atoms with Crippen molar-refractivity contribution in [3.05, 3.63) is 74.2 Å². The third kappa shape index (κ3) is 4.98. The van der Waals surface area contributed by atoms with Crippen LogP contribution in [0.5, 0.6) is 17.2 Å². The van der Waals surface area contributed by atoms with Crippen molar-refractivity contribution in [1.82, 2.24) is 0 Å². The second-order valence-corrected chi connectivity index (χ2v) is 10.5. The molecule has 5 N–H and O–H groups in total. The third-order valence-corrected chi connectivity index (χ3v) is 7.12. The Morgan fingerprint density at radius 2 is 1.62 bits per heavy atom. The van der Waals surface area contributed by atoms with Gasteiger partial charge in [0.15, 0.2) is 5.78 Å². The lowest BCUT2D eigenvalue weighted by atomic mass is 10.0. The number of sulfonamides is 1. The van der Waals surface area contributed by atoms with Crippen LogP contribution >= 0.6 is 31.9 Å². The van der Waals surface area contributed by atoms with Crippen LogP contribution in [-0.4, -0.2) is 19.3 Å². The van der Waals surface area contributed by atoms with E-state index in [1.165, 1.54) is 6.07 Å². The van der Waals surface area contributed by atoms with Gasteiger partial charge in [-0.2, -0.15) is 0 Å². The standard InChI is InChI=1S/C22H20Br2N2O5S/c1-11(2)15-9-14(7-8-17(15)27)31-13-5-3-12(4-6-13)22(28)19-16(23)10-18(32(26,29)30)21(25)20(19)24/h3-11,27H,25H2,1-2H3,(H2,26,29,30). The molecule has 0 radical (unpaired) electrons. The van der Waals surface area contributed by atoms with Crippen molar-refractivity contribution in [3.63, 3.8) is 0 Å². The fourth-order valence-corrected chi connectivity index (χ4v) is 5.52. The molecule has 3 aromatic rings. The third-order valence-electron chi connectivity index (χ3n) is 4.72. The van der Waals surface area contributed by atoms with E-state index >= 15 is 0 Å². The van der Waals surface area contributed by atoms with Crippen LogP contribution in [0.1, 0.15) is 41.3 Å². The minimum Gasteiger partial charge on any atom is -0.508 e. The van der Waals surface area contributed by atoms with Crippen LogP contribution in [0.15, 0.2) is 62.4 Å². The molecule has 0 spiro atoms. The Morgan fingerprint density at radius 3 is 2.19 bits per heavy atom. The van der Waals surface area contributed by atoms with Gasteiger partial charge in [0.25, 0.3) is 0 Å². The van der Waals surface area contributed by atoms with Gasteiger partial charge in [0.2, 0.25) is 10.0 Å². The highest BCUT2D eigenvalue weighted by molar-refractivity contribution is 9.11. The van der Waals surface area contributed by atoms with Crippen LogP contribution in [0.4, 0.5) is 5.69 Å². The van der Waals surface area contributed by atoms with Crippen molar-refractivity contribution in [2.24, 2.45) is 5.14 Å². The highest BCUT2D eigenvalue weighted by Crippen LogP contribution is 2.37. The zero-order valence-corrected chi connectivity index (χ0v) is 21.1. The summed E-state index contributed by atoms with van der Waals surface area (Å²) in [5.74, 6) is 1.02. The summed E-state index contributed by atoms with van der Waals surface area (Å²) < 4.78 is 29.6. The molecule has 0 aliphatic heterocycles. The maximum Gasteiger partial charge on any atom is 0.240 e. The Balaban J connectivity index is 1.90. The molecule has 0 aromatic heterocycles. The van der Waals surface area contributed by atoms with E-state index in [2.05, 4.69) is 31.9 Å². The van der Waals surface area contributed by atoms with Gasteiger partial charge >= 0.3 is 0 Å². The number of hydrogen-bond donors (Lipinski definition) is 3. The lowest BCUT2D eigenvalue weighted by molar-refractivity contribution is 0.103. The number of rotatable bonds is 6. The zero-order chi connectivity index (χ0) is 23.8. The van der Waals surface area contributed by atoms with Gasteiger partial charge < -0.3 is 15.6 Å². The number of phenols is 1. The number of benzene rings is 3. The molecule has 0 heterocycles. The predicted octanol–water partition coefficient (Wildman–Crippen LogP) is 5.29. The van der Waals surface area contributed by atoms with Gasteiger partial charge in [0, 0.05) is 15.6 Å². The van der Waals surface area contributed by atoms with E-state index in [0.717, 1.165) is 5.56 Å². The second-order valence-electron chi connectivity index (χ2n) is 7.34. The van der Waals surface area contributed by atoms with Crippen LogP contribution in [0.3, 0.4) is 0 Å². The second kappa shape index (κ2) is 9.22. The fourth-order valence-electron chi connectivity index (χ4n) is 3.07. The molecular weight excluding hydrogens is 564 g/mol. The SMILES string of the molecule is CC(C)c1cc(Oc2ccc(C(=O)c3c(Br)cc(S(N)(=O)=O)c(N)c3Br)cc2)ccc1O. The zero-order valence-electron chi connectivity index (χ0n) is 17.1. The fraction of sp³-hybridized carbons (Fsp3) is 0.136. The molecule has 0 aliphatic carbocycles.